The van der Waals surface area contributed by atoms with E-state index in [0.29, 0.717) is 25.5 Å². The van der Waals surface area contributed by atoms with Crippen LogP contribution in [0.15, 0.2) is 21.9 Å². The van der Waals surface area contributed by atoms with Crippen molar-refractivity contribution in [2.75, 3.05) is 26.7 Å². The summed E-state index contributed by atoms with van der Waals surface area (Å²) in [6, 6.07) is 0. The molecule has 8 nitrogen and oxygen atoms in total. The number of hydrogen-bond acceptors (Lipinski definition) is 6. The Morgan fingerprint density at radius 2 is 2.12 bits per heavy atom. The summed E-state index contributed by atoms with van der Waals surface area (Å²) in [6.45, 7) is 10.8. The van der Waals surface area contributed by atoms with Gasteiger partial charge in [-0.25, -0.2) is 14.6 Å². The lowest BCUT2D eigenvalue weighted by atomic mass is 10.1. The van der Waals surface area contributed by atoms with Gasteiger partial charge in [0.25, 0.3) is 0 Å². The van der Waals surface area contributed by atoms with Gasteiger partial charge in [0.1, 0.15) is 17.1 Å². The smallest absolute Gasteiger partial charge is 0.407 e. The molecule has 0 spiro atoms. The first-order valence-electron chi connectivity index (χ1n) is 7.76. The van der Waals surface area contributed by atoms with E-state index in [9.17, 15) is 9.59 Å². The van der Waals surface area contributed by atoms with Crippen LogP contribution in [0.3, 0.4) is 0 Å². The first kappa shape index (κ1) is 19.7. The molecule has 134 valence electrons. The summed E-state index contributed by atoms with van der Waals surface area (Å²) < 4.78 is 5.20. The highest BCUT2D eigenvalue weighted by atomic mass is 16.6. The number of hydrogen-bond donors (Lipinski definition) is 2. The number of rotatable bonds is 6. The molecule has 0 aliphatic carbocycles. The number of carbonyl (C=O) groups excluding carboxylic acids is 1. The number of nitrogens with one attached hydrogen (secondary N) is 1. The Labute approximate surface area is 142 Å². The standard InChI is InChI=1S/C16H26N4O4/c1-16(2,3)24-15(23)19-9-11-6-7-20(10-11)13(18-5)8-12(17-4)14(21)22/h8,11H,5-7,9-10H2,1-4H3,(H,19,23)(H,21,22)/b13-8+,17-12?/t11-/m0/s1. The molecule has 1 aliphatic rings. The minimum Gasteiger partial charge on any atom is -0.477 e. The predicted octanol–water partition coefficient (Wildman–Crippen LogP) is 1.53. The van der Waals surface area contributed by atoms with Crippen LogP contribution in [0.2, 0.25) is 0 Å². The fourth-order valence-corrected chi connectivity index (χ4v) is 2.33. The molecule has 1 aliphatic heterocycles. The molecule has 0 aromatic rings. The molecule has 1 atom stereocenters. The highest BCUT2D eigenvalue weighted by Gasteiger charge is 2.25. The molecule has 0 aromatic carbocycles. The third-order valence-corrected chi connectivity index (χ3v) is 3.43. The van der Waals surface area contributed by atoms with E-state index in [0.717, 1.165) is 6.42 Å². The van der Waals surface area contributed by atoms with E-state index in [2.05, 4.69) is 22.0 Å². The second kappa shape index (κ2) is 8.47. The molecule has 1 rings (SSSR count). The van der Waals surface area contributed by atoms with Crippen molar-refractivity contribution < 1.29 is 19.4 Å². The van der Waals surface area contributed by atoms with Crippen LogP contribution >= 0.6 is 0 Å². The number of amides is 1. The molecular formula is C16H26N4O4. The average molecular weight is 338 g/mol. The maximum atomic E-state index is 11.7. The van der Waals surface area contributed by atoms with Crippen molar-refractivity contribution in [1.82, 2.24) is 10.2 Å². The van der Waals surface area contributed by atoms with E-state index in [1.807, 2.05) is 25.7 Å². The summed E-state index contributed by atoms with van der Waals surface area (Å²) in [5.74, 6) is -0.409. The van der Waals surface area contributed by atoms with Crippen LogP contribution in [0.1, 0.15) is 27.2 Å². The van der Waals surface area contributed by atoms with Gasteiger partial charge < -0.3 is 20.1 Å². The van der Waals surface area contributed by atoms with Gasteiger partial charge in [0, 0.05) is 32.8 Å². The summed E-state index contributed by atoms with van der Waals surface area (Å²) in [5, 5.41) is 11.8. The number of carboxylic acids is 1. The normalized spacial score (nSPS) is 19.2. The van der Waals surface area contributed by atoms with Crippen molar-refractivity contribution in [3.8, 4) is 0 Å². The third-order valence-electron chi connectivity index (χ3n) is 3.43. The van der Waals surface area contributed by atoms with Crippen molar-refractivity contribution in [3.63, 3.8) is 0 Å². The van der Waals surface area contributed by atoms with Gasteiger partial charge in [-0.3, -0.25) is 4.99 Å². The molecule has 1 amide bonds. The van der Waals surface area contributed by atoms with Crippen LogP contribution in [0.4, 0.5) is 4.79 Å². The second-order valence-corrected chi connectivity index (χ2v) is 6.56. The molecule has 1 heterocycles. The second-order valence-electron chi connectivity index (χ2n) is 6.56. The lowest BCUT2D eigenvalue weighted by Crippen LogP contribution is -2.35. The quantitative estimate of drug-likeness (QED) is 0.715. The summed E-state index contributed by atoms with van der Waals surface area (Å²) in [6.07, 6.45) is 1.82. The van der Waals surface area contributed by atoms with Crippen molar-refractivity contribution in [1.29, 1.82) is 0 Å². The maximum absolute atomic E-state index is 11.7. The van der Waals surface area contributed by atoms with Gasteiger partial charge >= 0.3 is 12.1 Å². The van der Waals surface area contributed by atoms with Gasteiger partial charge in [0.2, 0.25) is 0 Å². The molecular weight excluding hydrogens is 312 g/mol. The Kier molecular flexibility index (Phi) is 6.94. The Hall–Kier alpha value is -2.38. The highest BCUT2D eigenvalue weighted by Crippen LogP contribution is 2.21. The molecule has 0 unspecified atom stereocenters. The van der Waals surface area contributed by atoms with Gasteiger partial charge in [-0.2, -0.15) is 0 Å². The summed E-state index contributed by atoms with van der Waals surface area (Å²) in [7, 11) is 1.41. The lowest BCUT2D eigenvalue weighted by molar-refractivity contribution is -0.129. The van der Waals surface area contributed by atoms with Crippen LogP contribution in [0.25, 0.3) is 0 Å². The number of aliphatic carboxylic acids is 1. The van der Waals surface area contributed by atoms with E-state index in [1.165, 1.54) is 13.1 Å². The summed E-state index contributed by atoms with van der Waals surface area (Å²) in [4.78, 5) is 32.3. The van der Waals surface area contributed by atoms with Crippen molar-refractivity contribution in [3.05, 3.63) is 11.9 Å². The fraction of sp³-hybridized carbons (Fsp3) is 0.625. The Morgan fingerprint density at radius 3 is 2.62 bits per heavy atom. The minimum absolute atomic E-state index is 0.0762. The predicted molar refractivity (Wildman–Crippen MR) is 92.5 cm³/mol. The summed E-state index contributed by atoms with van der Waals surface area (Å²) >= 11 is 0. The molecule has 0 saturated carbocycles. The zero-order valence-electron chi connectivity index (χ0n) is 14.7. The van der Waals surface area contributed by atoms with Gasteiger partial charge in [-0.1, -0.05) is 0 Å². The first-order valence-corrected chi connectivity index (χ1v) is 7.76. The van der Waals surface area contributed by atoms with Gasteiger partial charge in [0.15, 0.2) is 0 Å². The molecule has 8 heteroatoms. The zero-order valence-corrected chi connectivity index (χ0v) is 14.7. The molecule has 0 aromatic heterocycles. The molecule has 0 bridgehead atoms. The van der Waals surface area contributed by atoms with Crippen LogP contribution in [-0.4, -0.2) is 66.8 Å². The zero-order chi connectivity index (χ0) is 18.3. The minimum atomic E-state index is -1.11. The Morgan fingerprint density at radius 1 is 1.46 bits per heavy atom. The van der Waals surface area contributed by atoms with Crippen molar-refractivity contribution in [2.24, 2.45) is 15.9 Å². The van der Waals surface area contributed by atoms with Gasteiger partial charge in [-0.05, 0) is 39.8 Å². The van der Waals surface area contributed by atoms with Crippen LogP contribution in [0.5, 0.6) is 0 Å². The Bertz CT molecular complexity index is 549. The van der Waals surface area contributed by atoms with Crippen molar-refractivity contribution in [2.45, 2.75) is 32.8 Å². The summed E-state index contributed by atoms with van der Waals surface area (Å²) in [5.41, 5.74) is -0.603. The third kappa shape index (κ3) is 6.39. The monoisotopic (exact) mass is 338 g/mol. The number of ether oxygens (including phenoxy) is 1. The molecule has 0 radical (unpaired) electrons. The highest BCUT2D eigenvalue weighted by molar-refractivity contribution is 6.40. The van der Waals surface area contributed by atoms with Crippen LogP contribution < -0.4 is 5.32 Å². The average Bonchev–Trinajstić information content (AvgIpc) is 2.93. The molecule has 24 heavy (non-hydrogen) atoms. The number of carboxylic acid groups (broad SMARTS) is 1. The largest absolute Gasteiger partial charge is 0.477 e. The van der Waals surface area contributed by atoms with E-state index in [4.69, 9.17) is 9.84 Å². The SMILES string of the molecule is C=N/C(=C\C(=NC)C(=O)O)N1CC[C@@H](CNC(=O)OC(C)(C)C)C1. The first-order chi connectivity index (χ1) is 11.2. The molecule has 1 saturated heterocycles. The maximum Gasteiger partial charge on any atom is 0.407 e. The number of alkyl carbamates (subject to hydrolysis) is 1. The number of carbonyl (C=O) groups is 2. The fourth-order valence-electron chi connectivity index (χ4n) is 2.33. The van der Waals surface area contributed by atoms with E-state index >= 15 is 0 Å². The molecule has 2 N–H and O–H groups in total. The van der Waals surface area contributed by atoms with Gasteiger partial charge in [0.05, 0.1) is 0 Å². The van der Waals surface area contributed by atoms with Crippen LogP contribution in [-0.2, 0) is 9.53 Å². The number of aliphatic imine (C=N–C) groups is 2. The lowest BCUT2D eigenvalue weighted by Gasteiger charge is -2.21. The van der Waals surface area contributed by atoms with E-state index < -0.39 is 17.7 Å². The topological polar surface area (TPSA) is 104 Å². The molecule has 1 fully saturated rings. The number of likely N-dealkylation sites (tertiary alicyclic amines) is 1. The number of nitrogens with zero attached hydrogens (tertiary/aromatic N) is 3. The van der Waals surface area contributed by atoms with Crippen molar-refractivity contribution >= 4 is 24.5 Å². The van der Waals surface area contributed by atoms with E-state index in [1.54, 1.807) is 0 Å². The van der Waals surface area contributed by atoms with E-state index in [-0.39, 0.29) is 11.6 Å². The van der Waals surface area contributed by atoms with Gasteiger partial charge in [-0.15, -0.1) is 0 Å². The Balaban J connectivity index is 2.58. The van der Waals surface area contributed by atoms with Crippen LogP contribution in [0, 0.1) is 5.92 Å².